The Morgan fingerprint density at radius 3 is 2.26 bits per heavy atom. The second-order valence-corrected chi connectivity index (χ2v) is 10.7. The molecule has 1 heterocycles. The van der Waals surface area contributed by atoms with E-state index in [2.05, 4.69) is 10.3 Å². The molecule has 0 saturated carbocycles. The maximum Gasteiger partial charge on any atom is 0.408 e. The van der Waals surface area contributed by atoms with Crippen molar-refractivity contribution >= 4 is 23.8 Å². The Balaban J connectivity index is 1.79. The van der Waals surface area contributed by atoms with Crippen LogP contribution in [0.4, 0.5) is 4.79 Å². The maximum absolute atomic E-state index is 12.8. The molecule has 0 aliphatic rings. The predicted molar refractivity (Wildman–Crippen MR) is 131 cm³/mol. The molecule has 34 heavy (non-hydrogen) atoms. The summed E-state index contributed by atoms with van der Waals surface area (Å²) in [5.41, 5.74) is 1.13. The molecule has 8 heteroatoms. The lowest BCUT2D eigenvalue weighted by Crippen LogP contribution is -2.32. The number of carbonyl (C=O) groups is 2. The monoisotopic (exact) mass is 482 g/mol. The van der Waals surface area contributed by atoms with Crippen LogP contribution in [0.15, 0.2) is 69.1 Å². The molecule has 180 valence electrons. The standard InChI is InChI=1S/C26H30N2O5S/c1-25(2,3)32-23(29)19-12-18(17-10-8-7-9-11-17)13-20(14-19)34-22-16-27-21(31-22)15-28-24(30)33-26(4,5)6/h7-14,16H,15H2,1-6H3,(H,28,30). The van der Waals surface area contributed by atoms with Crippen molar-refractivity contribution in [2.24, 2.45) is 0 Å². The fourth-order valence-electron chi connectivity index (χ4n) is 2.91. The van der Waals surface area contributed by atoms with E-state index in [1.54, 1.807) is 33.0 Å². The number of oxazole rings is 1. The third-order valence-electron chi connectivity index (χ3n) is 4.18. The Kier molecular flexibility index (Phi) is 7.71. The third kappa shape index (κ3) is 7.95. The van der Waals surface area contributed by atoms with Crippen molar-refractivity contribution in [3.05, 3.63) is 66.2 Å². The smallest absolute Gasteiger partial charge is 0.408 e. The highest BCUT2D eigenvalue weighted by molar-refractivity contribution is 7.99. The molecule has 0 aliphatic heterocycles. The average molecular weight is 483 g/mol. The number of nitrogens with one attached hydrogen (secondary N) is 1. The summed E-state index contributed by atoms with van der Waals surface area (Å²) in [4.78, 5) is 29.6. The summed E-state index contributed by atoms with van der Waals surface area (Å²) >= 11 is 1.33. The molecule has 1 N–H and O–H groups in total. The van der Waals surface area contributed by atoms with E-state index in [0.717, 1.165) is 16.0 Å². The Labute approximate surface area is 204 Å². The van der Waals surface area contributed by atoms with Crippen LogP contribution in [0.2, 0.25) is 0 Å². The number of hydrogen-bond acceptors (Lipinski definition) is 7. The number of hydrogen-bond donors (Lipinski definition) is 1. The lowest BCUT2D eigenvalue weighted by Gasteiger charge is -2.20. The maximum atomic E-state index is 12.8. The summed E-state index contributed by atoms with van der Waals surface area (Å²) < 4.78 is 16.6. The quantitative estimate of drug-likeness (QED) is 0.402. The third-order valence-corrected chi connectivity index (χ3v) is 5.04. The first kappa shape index (κ1) is 25.4. The van der Waals surface area contributed by atoms with Crippen molar-refractivity contribution in [1.29, 1.82) is 0 Å². The van der Waals surface area contributed by atoms with Crippen LogP contribution in [0.3, 0.4) is 0 Å². The van der Waals surface area contributed by atoms with Gasteiger partial charge in [0.15, 0.2) is 5.09 Å². The van der Waals surface area contributed by atoms with Gasteiger partial charge >= 0.3 is 12.1 Å². The summed E-state index contributed by atoms with van der Waals surface area (Å²) in [6, 6.07) is 15.4. The second-order valence-electron chi connectivity index (χ2n) is 9.64. The first-order valence-corrected chi connectivity index (χ1v) is 11.7. The van der Waals surface area contributed by atoms with Gasteiger partial charge in [0.1, 0.15) is 11.2 Å². The van der Waals surface area contributed by atoms with Crippen LogP contribution in [0.25, 0.3) is 11.1 Å². The average Bonchev–Trinajstić information content (AvgIpc) is 3.17. The number of ether oxygens (including phenoxy) is 2. The van der Waals surface area contributed by atoms with Gasteiger partial charge in [0.2, 0.25) is 5.89 Å². The Morgan fingerprint density at radius 2 is 1.62 bits per heavy atom. The Morgan fingerprint density at radius 1 is 0.941 bits per heavy atom. The van der Waals surface area contributed by atoms with Crippen molar-refractivity contribution in [3.8, 4) is 11.1 Å². The minimum absolute atomic E-state index is 0.0999. The number of carbonyl (C=O) groups excluding carboxylic acids is 2. The Bertz CT molecular complexity index is 1140. The molecular weight excluding hydrogens is 452 g/mol. The van der Waals surface area contributed by atoms with E-state index < -0.39 is 23.3 Å². The van der Waals surface area contributed by atoms with Crippen molar-refractivity contribution in [1.82, 2.24) is 10.3 Å². The van der Waals surface area contributed by atoms with E-state index in [-0.39, 0.29) is 6.54 Å². The van der Waals surface area contributed by atoms with Gasteiger partial charge < -0.3 is 19.2 Å². The van der Waals surface area contributed by atoms with Crippen LogP contribution in [0.1, 0.15) is 57.8 Å². The molecule has 2 aromatic carbocycles. The summed E-state index contributed by atoms with van der Waals surface area (Å²) in [7, 11) is 0. The topological polar surface area (TPSA) is 90.7 Å². The molecular formula is C26H30N2O5S. The highest BCUT2D eigenvalue weighted by atomic mass is 32.2. The fraction of sp³-hybridized carbons (Fsp3) is 0.346. The van der Waals surface area contributed by atoms with Gasteiger partial charge in [0.25, 0.3) is 0 Å². The molecule has 3 aromatic rings. The number of benzene rings is 2. The lowest BCUT2D eigenvalue weighted by molar-refractivity contribution is 0.00689. The normalized spacial score (nSPS) is 11.7. The molecule has 0 fully saturated rings. The van der Waals surface area contributed by atoms with Gasteiger partial charge in [-0.15, -0.1) is 0 Å². The molecule has 1 aromatic heterocycles. The van der Waals surface area contributed by atoms with E-state index in [0.29, 0.717) is 16.5 Å². The SMILES string of the molecule is CC(C)(C)OC(=O)NCc1ncc(Sc2cc(C(=O)OC(C)(C)C)cc(-c3ccccc3)c2)o1. The molecule has 1 amide bonds. The summed E-state index contributed by atoms with van der Waals surface area (Å²) in [5, 5.41) is 3.15. The zero-order valence-electron chi connectivity index (χ0n) is 20.3. The van der Waals surface area contributed by atoms with Gasteiger partial charge in [-0.3, -0.25) is 0 Å². The highest BCUT2D eigenvalue weighted by Crippen LogP contribution is 2.33. The summed E-state index contributed by atoms with van der Waals surface area (Å²) in [5.74, 6) is -0.0492. The van der Waals surface area contributed by atoms with Gasteiger partial charge in [-0.2, -0.15) is 0 Å². The molecule has 0 aliphatic carbocycles. The van der Waals surface area contributed by atoms with Crippen LogP contribution in [-0.4, -0.2) is 28.2 Å². The van der Waals surface area contributed by atoms with Crippen LogP contribution in [0.5, 0.6) is 0 Å². The first-order valence-electron chi connectivity index (χ1n) is 10.9. The minimum Gasteiger partial charge on any atom is -0.456 e. The van der Waals surface area contributed by atoms with Gasteiger partial charge in [-0.05, 0) is 70.9 Å². The zero-order valence-corrected chi connectivity index (χ0v) is 21.1. The molecule has 0 saturated heterocycles. The molecule has 0 bridgehead atoms. The van der Waals surface area contributed by atoms with E-state index in [1.807, 2.05) is 63.2 Å². The molecule has 7 nitrogen and oxygen atoms in total. The van der Waals surface area contributed by atoms with E-state index in [9.17, 15) is 9.59 Å². The Hall–Kier alpha value is -3.26. The van der Waals surface area contributed by atoms with Gasteiger partial charge in [-0.25, -0.2) is 14.6 Å². The number of esters is 1. The number of nitrogens with zero attached hydrogens (tertiary/aromatic N) is 1. The molecule has 0 atom stereocenters. The number of rotatable bonds is 6. The van der Waals surface area contributed by atoms with Crippen LogP contribution >= 0.6 is 11.8 Å². The van der Waals surface area contributed by atoms with Gasteiger partial charge in [0, 0.05) is 4.90 Å². The van der Waals surface area contributed by atoms with E-state index >= 15 is 0 Å². The predicted octanol–water partition coefficient (Wildman–Crippen LogP) is 6.47. The van der Waals surface area contributed by atoms with Crippen LogP contribution < -0.4 is 5.32 Å². The van der Waals surface area contributed by atoms with Crippen molar-refractivity contribution in [3.63, 3.8) is 0 Å². The second kappa shape index (κ2) is 10.3. The summed E-state index contributed by atoms with van der Waals surface area (Å²) in [6.07, 6.45) is 1.04. The highest BCUT2D eigenvalue weighted by Gasteiger charge is 2.20. The summed E-state index contributed by atoms with van der Waals surface area (Å²) in [6.45, 7) is 11.0. The molecule has 0 radical (unpaired) electrons. The minimum atomic E-state index is -0.603. The molecule has 3 rings (SSSR count). The van der Waals surface area contributed by atoms with Crippen molar-refractivity contribution in [2.45, 2.75) is 69.3 Å². The van der Waals surface area contributed by atoms with E-state index in [4.69, 9.17) is 13.9 Å². The number of alkyl carbamates (subject to hydrolysis) is 1. The zero-order chi connectivity index (χ0) is 24.9. The van der Waals surface area contributed by atoms with Gasteiger partial charge in [-0.1, -0.05) is 42.1 Å². The molecule has 0 unspecified atom stereocenters. The lowest BCUT2D eigenvalue weighted by atomic mass is 10.0. The van der Waals surface area contributed by atoms with Crippen LogP contribution in [0, 0.1) is 0 Å². The van der Waals surface area contributed by atoms with Crippen molar-refractivity contribution in [2.75, 3.05) is 0 Å². The molecule has 0 spiro atoms. The largest absolute Gasteiger partial charge is 0.456 e. The number of amides is 1. The fourth-order valence-corrected chi connectivity index (χ4v) is 3.76. The van der Waals surface area contributed by atoms with E-state index in [1.165, 1.54) is 11.8 Å². The first-order chi connectivity index (χ1) is 15.9. The van der Waals surface area contributed by atoms with Crippen LogP contribution in [-0.2, 0) is 16.0 Å². The number of aromatic nitrogens is 1. The van der Waals surface area contributed by atoms with Gasteiger partial charge in [0.05, 0.1) is 18.3 Å². The van der Waals surface area contributed by atoms with Crippen molar-refractivity contribution < 1.29 is 23.5 Å².